The van der Waals surface area contributed by atoms with Gasteiger partial charge in [-0.3, -0.25) is 14.5 Å². The van der Waals surface area contributed by atoms with E-state index in [9.17, 15) is 9.59 Å². The third kappa shape index (κ3) is 6.53. The molecule has 2 N–H and O–H groups in total. The molecule has 0 aromatic heterocycles. The molecule has 0 aliphatic rings. The maximum absolute atomic E-state index is 12.0. The number of amides is 2. The van der Waals surface area contributed by atoms with Crippen LogP contribution >= 0.6 is 0 Å². The van der Waals surface area contributed by atoms with Crippen molar-refractivity contribution in [3.8, 4) is 6.07 Å². The summed E-state index contributed by atoms with van der Waals surface area (Å²) in [7, 11) is 0. The minimum Gasteiger partial charge on any atom is -0.344 e. The van der Waals surface area contributed by atoms with Gasteiger partial charge in [-0.2, -0.15) is 5.26 Å². The molecule has 0 fully saturated rings. The highest BCUT2D eigenvalue weighted by atomic mass is 16.2. The van der Waals surface area contributed by atoms with Crippen molar-refractivity contribution < 1.29 is 9.59 Å². The Hall–Kier alpha value is -3.17. The highest BCUT2D eigenvalue weighted by molar-refractivity contribution is 6.39. The van der Waals surface area contributed by atoms with Crippen molar-refractivity contribution in [2.45, 2.75) is 33.4 Å². The maximum Gasteiger partial charge on any atom is 0.313 e. The predicted molar refractivity (Wildman–Crippen MR) is 109 cm³/mol. The van der Waals surface area contributed by atoms with Crippen molar-refractivity contribution in [2.75, 3.05) is 18.4 Å². The predicted octanol–water partition coefficient (Wildman–Crippen LogP) is 2.85. The molecule has 0 unspecified atom stereocenters. The van der Waals surface area contributed by atoms with Crippen LogP contribution in [-0.2, 0) is 29.1 Å². The Labute approximate surface area is 166 Å². The Bertz CT molecular complexity index is 819. The zero-order valence-electron chi connectivity index (χ0n) is 16.4. The number of rotatable bonds is 8. The number of anilines is 1. The SMILES string of the molecule is CCN(CC)Cc1ccc(CNC(=O)C(=O)Nc2ccc(CC#N)cc2)cc1. The molecular formula is C22H26N4O2. The average Bonchev–Trinajstić information content (AvgIpc) is 2.72. The minimum absolute atomic E-state index is 0.291. The van der Waals surface area contributed by atoms with Gasteiger partial charge in [-0.05, 0) is 41.9 Å². The summed E-state index contributed by atoms with van der Waals surface area (Å²) in [5, 5.41) is 13.8. The van der Waals surface area contributed by atoms with Crippen LogP contribution in [0, 0.1) is 11.3 Å². The van der Waals surface area contributed by atoms with Gasteiger partial charge in [0.25, 0.3) is 0 Å². The van der Waals surface area contributed by atoms with Crippen molar-refractivity contribution in [2.24, 2.45) is 0 Å². The number of nitriles is 1. The van der Waals surface area contributed by atoms with E-state index in [0.29, 0.717) is 18.7 Å². The van der Waals surface area contributed by atoms with Crippen LogP contribution in [0.3, 0.4) is 0 Å². The standard InChI is InChI=1S/C22H26N4O2/c1-3-26(4-2)16-19-7-5-18(6-8-19)15-24-21(27)22(28)25-20-11-9-17(10-12-20)13-14-23/h5-12H,3-4,13,15-16H2,1-2H3,(H,24,27)(H,25,28). The van der Waals surface area contributed by atoms with Crippen LogP contribution in [0.2, 0.25) is 0 Å². The Morgan fingerprint density at radius 2 is 1.46 bits per heavy atom. The van der Waals surface area contributed by atoms with Gasteiger partial charge in [0.2, 0.25) is 0 Å². The van der Waals surface area contributed by atoms with E-state index >= 15 is 0 Å². The largest absolute Gasteiger partial charge is 0.344 e. The normalized spacial score (nSPS) is 10.4. The first-order chi connectivity index (χ1) is 13.5. The van der Waals surface area contributed by atoms with E-state index < -0.39 is 11.8 Å². The fourth-order valence-corrected chi connectivity index (χ4v) is 2.72. The molecule has 0 bridgehead atoms. The lowest BCUT2D eigenvalue weighted by atomic mass is 10.1. The zero-order valence-corrected chi connectivity index (χ0v) is 16.4. The molecule has 0 spiro atoms. The fraction of sp³-hybridized carbons (Fsp3) is 0.318. The Morgan fingerprint density at radius 3 is 2.04 bits per heavy atom. The molecule has 2 amide bonds. The van der Waals surface area contributed by atoms with Crippen molar-refractivity contribution >= 4 is 17.5 Å². The molecule has 0 saturated heterocycles. The van der Waals surface area contributed by atoms with E-state index in [-0.39, 0.29) is 0 Å². The molecule has 2 aromatic rings. The summed E-state index contributed by atoms with van der Waals surface area (Å²) in [6.07, 6.45) is 0.308. The third-order valence-corrected chi connectivity index (χ3v) is 4.48. The topological polar surface area (TPSA) is 85.2 Å². The van der Waals surface area contributed by atoms with E-state index in [2.05, 4.69) is 35.5 Å². The molecule has 146 valence electrons. The monoisotopic (exact) mass is 378 g/mol. The van der Waals surface area contributed by atoms with Crippen molar-refractivity contribution in [1.82, 2.24) is 10.2 Å². The number of carbonyl (C=O) groups excluding carboxylic acids is 2. The van der Waals surface area contributed by atoms with Gasteiger partial charge in [0.1, 0.15) is 0 Å². The van der Waals surface area contributed by atoms with E-state index in [4.69, 9.17) is 5.26 Å². The summed E-state index contributed by atoms with van der Waals surface area (Å²) in [6.45, 7) is 7.47. The Morgan fingerprint density at radius 1 is 0.893 bits per heavy atom. The molecule has 6 heteroatoms. The second-order valence-corrected chi connectivity index (χ2v) is 6.45. The van der Waals surface area contributed by atoms with Crippen LogP contribution in [0.4, 0.5) is 5.69 Å². The van der Waals surface area contributed by atoms with Crippen LogP contribution in [0.1, 0.15) is 30.5 Å². The quantitative estimate of drug-likeness (QED) is 0.692. The van der Waals surface area contributed by atoms with Crippen molar-refractivity contribution in [3.63, 3.8) is 0 Å². The molecule has 0 heterocycles. The van der Waals surface area contributed by atoms with Gasteiger partial charge < -0.3 is 10.6 Å². The number of nitrogens with zero attached hydrogens (tertiary/aromatic N) is 2. The van der Waals surface area contributed by atoms with E-state index in [1.165, 1.54) is 5.56 Å². The number of carbonyl (C=O) groups is 2. The molecule has 0 radical (unpaired) electrons. The first kappa shape index (κ1) is 21.1. The van der Waals surface area contributed by atoms with Gasteiger partial charge in [-0.15, -0.1) is 0 Å². The van der Waals surface area contributed by atoms with Crippen LogP contribution in [-0.4, -0.2) is 29.8 Å². The van der Waals surface area contributed by atoms with Crippen LogP contribution in [0.15, 0.2) is 48.5 Å². The maximum atomic E-state index is 12.0. The number of hydrogen-bond acceptors (Lipinski definition) is 4. The molecule has 0 aliphatic carbocycles. The third-order valence-electron chi connectivity index (χ3n) is 4.48. The summed E-state index contributed by atoms with van der Waals surface area (Å²) in [6, 6.07) is 16.9. The van der Waals surface area contributed by atoms with Crippen LogP contribution < -0.4 is 10.6 Å². The van der Waals surface area contributed by atoms with Gasteiger partial charge in [0.05, 0.1) is 12.5 Å². The molecule has 2 aromatic carbocycles. The van der Waals surface area contributed by atoms with E-state index in [0.717, 1.165) is 30.8 Å². The van der Waals surface area contributed by atoms with Gasteiger partial charge in [0.15, 0.2) is 0 Å². The summed E-state index contributed by atoms with van der Waals surface area (Å²) in [5.74, 6) is -1.40. The second kappa shape index (κ2) is 10.9. The molecule has 0 atom stereocenters. The minimum atomic E-state index is -0.716. The average molecular weight is 378 g/mol. The smallest absolute Gasteiger partial charge is 0.313 e. The molecule has 28 heavy (non-hydrogen) atoms. The number of nitrogens with one attached hydrogen (secondary N) is 2. The molecule has 6 nitrogen and oxygen atoms in total. The Balaban J connectivity index is 1.82. The fourth-order valence-electron chi connectivity index (χ4n) is 2.72. The first-order valence-electron chi connectivity index (χ1n) is 9.41. The molecule has 2 rings (SSSR count). The lowest BCUT2D eigenvalue weighted by Crippen LogP contribution is -2.34. The first-order valence-corrected chi connectivity index (χ1v) is 9.41. The summed E-state index contributed by atoms with van der Waals surface area (Å²) >= 11 is 0. The van der Waals surface area contributed by atoms with E-state index in [1.807, 2.05) is 24.3 Å². The number of hydrogen-bond donors (Lipinski definition) is 2. The summed E-state index contributed by atoms with van der Waals surface area (Å²) in [4.78, 5) is 26.3. The highest BCUT2D eigenvalue weighted by Gasteiger charge is 2.13. The number of benzene rings is 2. The van der Waals surface area contributed by atoms with Gasteiger partial charge in [-0.1, -0.05) is 50.2 Å². The van der Waals surface area contributed by atoms with Crippen LogP contribution in [0.5, 0.6) is 0 Å². The summed E-state index contributed by atoms with van der Waals surface area (Å²) < 4.78 is 0. The Kier molecular flexibility index (Phi) is 8.19. The zero-order chi connectivity index (χ0) is 20.4. The second-order valence-electron chi connectivity index (χ2n) is 6.45. The molecular weight excluding hydrogens is 352 g/mol. The van der Waals surface area contributed by atoms with Gasteiger partial charge >= 0.3 is 11.8 Å². The highest BCUT2D eigenvalue weighted by Crippen LogP contribution is 2.10. The van der Waals surface area contributed by atoms with Gasteiger partial charge in [0, 0.05) is 18.8 Å². The lowest BCUT2D eigenvalue weighted by molar-refractivity contribution is -0.136. The van der Waals surface area contributed by atoms with E-state index in [1.54, 1.807) is 24.3 Å². The van der Waals surface area contributed by atoms with Gasteiger partial charge in [-0.25, -0.2) is 0 Å². The summed E-state index contributed by atoms with van der Waals surface area (Å²) in [5.41, 5.74) is 3.53. The van der Waals surface area contributed by atoms with Crippen molar-refractivity contribution in [1.29, 1.82) is 5.26 Å². The lowest BCUT2D eigenvalue weighted by Gasteiger charge is -2.18. The molecule has 0 saturated carbocycles. The van der Waals surface area contributed by atoms with Crippen molar-refractivity contribution in [3.05, 3.63) is 65.2 Å². The van der Waals surface area contributed by atoms with Crippen LogP contribution in [0.25, 0.3) is 0 Å². The molecule has 0 aliphatic heterocycles.